The van der Waals surface area contributed by atoms with Gasteiger partial charge in [0.05, 0.1) is 6.04 Å². The van der Waals surface area contributed by atoms with Gasteiger partial charge in [0.25, 0.3) is 0 Å². The fourth-order valence-electron chi connectivity index (χ4n) is 4.23. The summed E-state index contributed by atoms with van der Waals surface area (Å²) in [6.45, 7) is 0.534. The first-order chi connectivity index (χ1) is 17.5. The number of carbonyl (C=O) groups excluding carboxylic acids is 2. The topological polar surface area (TPSA) is 86.5 Å². The molecule has 186 valence electrons. The zero-order valence-electron chi connectivity index (χ0n) is 20.6. The molecule has 4 aromatic rings. The summed E-state index contributed by atoms with van der Waals surface area (Å²) in [5.74, 6) is -0.264. The van der Waals surface area contributed by atoms with Gasteiger partial charge in [-0.15, -0.1) is 0 Å². The third-order valence-corrected chi connectivity index (χ3v) is 6.20. The van der Waals surface area contributed by atoms with Gasteiger partial charge in [0, 0.05) is 30.1 Å². The Kier molecular flexibility index (Phi) is 8.36. The Balaban J connectivity index is 1.47. The largest absolute Gasteiger partial charge is 0.445 e. The van der Waals surface area contributed by atoms with Crippen LogP contribution in [0.4, 0.5) is 4.79 Å². The zero-order valence-corrected chi connectivity index (χ0v) is 20.6. The van der Waals surface area contributed by atoms with Crippen molar-refractivity contribution < 1.29 is 14.3 Å². The van der Waals surface area contributed by atoms with Gasteiger partial charge in [-0.25, -0.2) is 4.79 Å². The molecule has 0 bridgehead atoms. The molecule has 0 fully saturated rings. The van der Waals surface area contributed by atoms with Crippen LogP contribution < -0.4 is 10.6 Å². The molecule has 0 saturated heterocycles. The predicted octanol–water partition coefficient (Wildman–Crippen LogP) is 4.42. The second-order valence-electron chi connectivity index (χ2n) is 8.96. The summed E-state index contributed by atoms with van der Waals surface area (Å²) < 4.78 is 5.40. The van der Waals surface area contributed by atoms with Crippen LogP contribution in [-0.4, -0.2) is 48.6 Å². The summed E-state index contributed by atoms with van der Waals surface area (Å²) in [6.07, 6.45) is 1.58. The molecule has 0 aliphatic rings. The third-order valence-electron chi connectivity index (χ3n) is 6.20. The summed E-state index contributed by atoms with van der Waals surface area (Å²) in [5, 5.41) is 6.84. The van der Waals surface area contributed by atoms with Crippen molar-refractivity contribution in [2.75, 3.05) is 20.6 Å². The minimum atomic E-state index is -0.800. The van der Waals surface area contributed by atoms with E-state index in [1.807, 2.05) is 105 Å². The Morgan fingerprint density at radius 1 is 0.917 bits per heavy atom. The van der Waals surface area contributed by atoms with E-state index in [0.717, 1.165) is 27.6 Å². The second kappa shape index (κ2) is 12.0. The fourth-order valence-corrected chi connectivity index (χ4v) is 4.23. The van der Waals surface area contributed by atoms with E-state index < -0.39 is 12.1 Å². The minimum absolute atomic E-state index is 0.00563. The molecule has 7 heteroatoms. The molecule has 0 saturated carbocycles. The Morgan fingerprint density at radius 2 is 1.58 bits per heavy atom. The van der Waals surface area contributed by atoms with Crippen LogP contribution in [0.3, 0.4) is 0 Å². The van der Waals surface area contributed by atoms with E-state index in [2.05, 4.69) is 20.5 Å². The maximum absolute atomic E-state index is 13.4. The first-order valence-electron chi connectivity index (χ1n) is 12.0. The first-order valence-corrected chi connectivity index (χ1v) is 12.0. The van der Waals surface area contributed by atoms with Crippen molar-refractivity contribution >= 4 is 22.9 Å². The highest BCUT2D eigenvalue weighted by atomic mass is 16.5. The molecule has 1 heterocycles. The smallest absolute Gasteiger partial charge is 0.408 e. The molecule has 4 rings (SSSR count). The van der Waals surface area contributed by atoms with Crippen molar-refractivity contribution in [3.63, 3.8) is 0 Å². The van der Waals surface area contributed by atoms with Crippen LogP contribution in [0.25, 0.3) is 10.9 Å². The lowest BCUT2D eigenvalue weighted by Gasteiger charge is -2.26. The summed E-state index contributed by atoms with van der Waals surface area (Å²) in [4.78, 5) is 31.3. The number of likely N-dealkylation sites (N-methyl/N-ethyl adjacent to an activating group) is 1. The average molecular weight is 485 g/mol. The number of carbonyl (C=O) groups is 2. The Labute approximate surface area is 211 Å². The van der Waals surface area contributed by atoms with Crippen molar-refractivity contribution in [1.29, 1.82) is 0 Å². The van der Waals surface area contributed by atoms with Crippen LogP contribution in [0, 0.1) is 0 Å². The molecule has 1 aromatic heterocycles. The Hall–Kier alpha value is -4.10. The molecule has 2 atom stereocenters. The molecule has 0 aliphatic heterocycles. The maximum Gasteiger partial charge on any atom is 0.408 e. The summed E-state index contributed by atoms with van der Waals surface area (Å²) in [6, 6.07) is 26.6. The normalized spacial score (nSPS) is 12.8. The van der Waals surface area contributed by atoms with Crippen LogP contribution in [0.5, 0.6) is 0 Å². The molecular weight excluding hydrogens is 452 g/mol. The van der Waals surface area contributed by atoms with Gasteiger partial charge in [-0.3, -0.25) is 4.79 Å². The van der Waals surface area contributed by atoms with Gasteiger partial charge in [0.1, 0.15) is 12.6 Å². The molecule has 3 N–H and O–H groups in total. The Morgan fingerprint density at radius 3 is 2.31 bits per heavy atom. The van der Waals surface area contributed by atoms with Crippen molar-refractivity contribution in [2.24, 2.45) is 0 Å². The number of ether oxygens (including phenoxy) is 1. The van der Waals surface area contributed by atoms with E-state index in [1.165, 1.54) is 0 Å². The highest BCUT2D eigenvalue weighted by molar-refractivity contribution is 5.88. The van der Waals surface area contributed by atoms with Gasteiger partial charge in [-0.2, -0.15) is 0 Å². The van der Waals surface area contributed by atoms with Crippen molar-refractivity contribution in [2.45, 2.75) is 25.1 Å². The number of alkyl carbamates (subject to hydrolysis) is 1. The molecule has 3 aromatic carbocycles. The summed E-state index contributed by atoms with van der Waals surface area (Å²) in [5.41, 5.74) is 3.91. The number of para-hydroxylation sites is 1. The standard InChI is InChI=1S/C29H32N4O3/c1-33(2)27(22-13-7-4-8-14-22)19-31-28(34)26(17-23-18-30-25-16-10-9-15-24(23)25)32-29(35)36-20-21-11-5-3-6-12-21/h3-16,18,26-27,30H,17,19-20H2,1-2H3,(H,31,34)(H,32,35)/t26-,27+/m0/s1. The molecule has 0 unspecified atom stereocenters. The number of H-pyrrole nitrogens is 1. The fraction of sp³-hybridized carbons (Fsp3) is 0.241. The van der Waals surface area contributed by atoms with Gasteiger partial charge >= 0.3 is 6.09 Å². The van der Waals surface area contributed by atoms with Crippen LogP contribution in [0.2, 0.25) is 0 Å². The molecule has 0 radical (unpaired) electrons. The van der Waals surface area contributed by atoms with Crippen LogP contribution >= 0.6 is 0 Å². The number of benzene rings is 3. The lowest BCUT2D eigenvalue weighted by molar-refractivity contribution is -0.123. The molecule has 0 aliphatic carbocycles. The zero-order chi connectivity index (χ0) is 25.3. The summed E-state index contributed by atoms with van der Waals surface area (Å²) >= 11 is 0. The van der Waals surface area contributed by atoms with Crippen LogP contribution in [0.1, 0.15) is 22.7 Å². The van der Waals surface area contributed by atoms with Crippen molar-refractivity contribution in [3.05, 3.63) is 108 Å². The summed E-state index contributed by atoms with van der Waals surface area (Å²) in [7, 11) is 3.96. The van der Waals surface area contributed by atoms with Crippen molar-refractivity contribution in [3.8, 4) is 0 Å². The maximum atomic E-state index is 13.4. The minimum Gasteiger partial charge on any atom is -0.445 e. The van der Waals surface area contributed by atoms with Gasteiger partial charge in [-0.05, 0) is 36.9 Å². The molecule has 0 spiro atoms. The van der Waals surface area contributed by atoms with Crippen LogP contribution in [-0.2, 0) is 22.6 Å². The van der Waals surface area contributed by atoms with Gasteiger partial charge in [0.15, 0.2) is 0 Å². The Bertz CT molecular complexity index is 1270. The number of aromatic amines is 1. The third kappa shape index (κ3) is 6.52. The lowest BCUT2D eigenvalue weighted by atomic mass is 10.0. The monoisotopic (exact) mass is 484 g/mol. The molecular formula is C29H32N4O3. The van der Waals surface area contributed by atoms with Gasteiger partial charge in [-0.1, -0.05) is 78.9 Å². The number of fused-ring (bicyclic) bond motifs is 1. The van der Waals surface area contributed by atoms with E-state index in [4.69, 9.17) is 4.74 Å². The quantitative estimate of drug-likeness (QED) is 0.311. The van der Waals surface area contributed by atoms with E-state index in [0.29, 0.717) is 13.0 Å². The van der Waals surface area contributed by atoms with E-state index in [-0.39, 0.29) is 18.6 Å². The first kappa shape index (κ1) is 25.0. The van der Waals surface area contributed by atoms with E-state index >= 15 is 0 Å². The molecule has 2 amide bonds. The highest BCUT2D eigenvalue weighted by Gasteiger charge is 2.25. The number of hydrogen-bond donors (Lipinski definition) is 3. The predicted molar refractivity (Wildman–Crippen MR) is 141 cm³/mol. The number of amides is 2. The SMILES string of the molecule is CN(C)[C@H](CNC(=O)[C@H](Cc1c[nH]c2ccccc12)NC(=O)OCc1ccccc1)c1ccccc1. The van der Waals surface area contributed by atoms with E-state index in [9.17, 15) is 9.59 Å². The van der Waals surface area contributed by atoms with Gasteiger partial charge in [0.2, 0.25) is 5.91 Å². The lowest BCUT2D eigenvalue weighted by Crippen LogP contribution is -2.49. The molecule has 36 heavy (non-hydrogen) atoms. The van der Waals surface area contributed by atoms with Crippen molar-refractivity contribution in [1.82, 2.24) is 20.5 Å². The molecule has 7 nitrogen and oxygen atoms in total. The highest BCUT2D eigenvalue weighted by Crippen LogP contribution is 2.20. The number of nitrogens with zero attached hydrogens (tertiary/aromatic N) is 1. The number of nitrogens with one attached hydrogen (secondary N) is 3. The number of rotatable bonds is 10. The number of hydrogen-bond acceptors (Lipinski definition) is 4. The van der Waals surface area contributed by atoms with Crippen LogP contribution in [0.15, 0.2) is 91.1 Å². The van der Waals surface area contributed by atoms with Gasteiger partial charge < -0.3 is 25.3 Å². The average Bonchev–Trinajstić information content (AvgIpc) is 3.31. The second-order valence-corrected chi connectivity index (χ2v) is 8.96. The number of aromatic nitrogens is 1. The van der Waals surface area contributed by atoms with E-state index in [1.54, 1.807) is 0 Å².